The van der Waals surface area contributed by atoms with E-state index in [4.69, 9.17) is 14.2 Å². The number of para-hydroxylation sites is 1. The molecule has 0 aliphatic rings. The molecule has 174 valence electrons. The summed E-state index contributed by atoms with van der Waals surface area (Å²) in [7, 11) is 4.82. The Morgan fingerprint density at radius 2 is 1.88 bits per heavy atom. The number of nitrogens with zero attached hydrogens (tertiary/aromatic N) is 3. The van der Waals surface area contributed by atoms with Crippen LogP contribution in [0.4, 0.5) is 0 Å². The maximum absolute atomic E-state index is 12.7. The number of benzene rings is 2. The summed E-state index contributed by atoms with van der Waals surface area (Å²) in [5, 5.41) is 12.3. The lowest BCUT2D eigenvalue weighted by molar-refractivity contribution is -0.119. The van der Waals surface area contributed by atoms with Gasteiger partial charge in [0.15, 0.2) is 11.0 Å². The average molecular weight is 469 g/mol. The molecule has 8 nitrogen and oxygen atoms in total. The van der Waals surface area contributed by atoms with Gasteiger partial charge >= 0.3 is 0 Å². The first kappa shape index (κ1) is 24.2. The van der Waals surface area contributed by atoms with E-state index < -0.39 is 0 Å². The van der Waals surface area contributed by atoms with Crippen molar-refractivity contribution in [3.8, 4) is 28.6 Å². The van der Waals surface area contributed by atoms with Gasteiger partial charge in [0.2, 0.25) is 5.91 Å². The van der Waals surface area contributed by atoms with E-state index >= 15 is 0 Å². The number of nitrogens with one attached hydrogen (secondary N) is 1. The Morgan fingerprint density at radius 3 is 2.58 bits per heavy atom. The van der Waals surface area contributed by atoms with E-state index in [0.29, 0.717) is 34.8 Å². The molecule has 1 unspecified atom stereocenters. The summed E-state index contributed by atoms with van der Waals surface area (Å²) in [4.78, 5) is 12.7. The number of carbonyl (C=O) groups is 1. The van der Waals surface area contributed by atoms with Crippen LogP contribution in [0.5, 0.6) is 17.2 Å². The molecule has 0 aliphatic heterocycles. The normalized spacial score (nSPS) is 11.5. The average Bonchev–Trinajstić information content (AvgIpc) is 3.24. The van der Waals surface area contributed by atoms with Crippen molar-refractivity contribution in [2.24, 2.45) is 0 Å². The predicted molar refractivity (Wildman–Crippen MR) is 129 cm³/mol. The molecule has 0 bridgehead atoms. The highest BCUT2D eigenvalue weighted by Gasteiger charge is 2.19. The zero-order valence-corrected chi connectivity index (χ0v) is 20.0. The van der Waals surface area contributed by atoms with Crippen molar-refractivity contribution in [1.82, 2.24) is 20.1 Å². The molecular weight excluding hydrogens is 440 g/mol. The minimum atomic E-state index is -0.265. The molecule has 1 heterocycles. The van der Waals surface area contributed by atoms with E-state index in [1.54, 1.807) is 27.4 Å². The van der Waals surface area contributed by atoms with E-state index in [0.717, 1.165) is 11.1 Å². The first-order valence-electron chi connectivity index (χ1n) is 10.3. The SMILES string of the molecule is C=CCn1c(SCC(=O)NC(C)c2cc(OC)ccc2OC)nnc1-c1ccccc1OC. The zero-order chi connectivity index (χ0) is 23.8. The molecule has 0 saturated heterocycles. The van der Waals surface area contributed by atoms with Crippen molar-refractivity contribution in [2.75, 3.05) is 27.1 Å². The second-order valence-corrected chi connectivity index (χ2v) is 8.03. The van der Waals surface area contributed by atoms with Crippen molar-refractivity contribution in [3.63, 3.8) is 0 Å². The topological polar surface area (TPSA) is 87.5 Å². The second-order valence-electron chi connectivity index (χ2n) is 7.09. The number of methoxy groups -OCH3 is 3. The van der Waals surface area contributed by atoms with Gasteiger partial charge in [0.25, 0.3) is 0 Å². The minimum Gasteiger partial charge on any atom is -0.497 e. The minimum absolute atomic E-state index is 0.135. The Kier molecular flexibility index (Phi) is 8.37. The fraction of sp³-hybridized carbons (Fsp3) is 0.292. The van der Waals surface area contributed by atoms with Crippen LogP contribution in [0.1, 0.15) is 18.5 Å². The maximum Gasteiger partial charge on any atom is 0.230 e. The Morgan fingerprint density at radius 1 is 1.12 bits per heavy atom. The Labute approximate surface area is 198 Å². The molecule has 2 aromatic carbocycles. The van der Waals surface area contributed by atoms with Crippen molar-refractivity contribution in [3.05, 3.63) is 60.7 Å². The summed E-state index contributed by atoms with van der Waals surface area (Å²) in [6, 6.07) is 12.8. The standard InChI is InChI=1S/C24H28N4O4S/c1-6-13-28-23(18-9-7-8-10-20(18)31-4)26-27-24(28)33-15-22(29)25-16(2)19-14-17(30-3)11-12-21(19)32-5/h6-12,14,16H,1,13,15H2,2-5H3,(H,25,29). The number of thioether (sulfide) groups is 1. The van der Waals surface area contributed by atoms with Crippen LogP contribution < -0.4 is 19.5 Å². The molecule has 9 heteroatoms. The molecule has 1 aromatic heterocycles. The van der Waals surface area contributed by atoms with E-state index in [9.17, 15) is 4.79 Å². The molecule has 1 N–H and O–H groups in total. The third-order valence-corrected chi connectivity index (χ3v) is 5.96. The molecule has 0 fully saturated rings. The van der Waals surface area contributed by atoms with Crippen LogP contribution in [0.15, 0.2) is 60.3 Å². The van der Waals surface area contributed by atoms with Crippen LogP contribution in [0, 0.1) is 0 Å². The molecule has 0 radical (unpaired) electrons. The summed E-state index contributed by atoms with van der Waals surface area (Å²) in [6.45, 7) is 6.24. The Hall–Kier alpha value is -3.46. The predicted octanol–water partition coefficient (Wildman–Crippen LogP) is 4.13. The zero-order valence-electron chi connectivity index (χ0n) is 19.2. The molecule has 1 amide bonds. The molecular formula is C24H28N4O4S. The van der Waals surface area contributed by atoms with E-state index in [2.05, 4.69) is 22.1 Å². The van der Waals surface area contributed by atoms with Gasteiger partial charge < -0.3 is 19.5 Å². The first-order chi connectivity index (χ1) is 16.0. The molecule has 0 aliphatic carbocycles. The summed E-state index contributed by atoms with van der Waals surface area (Å²) < 4.78 is 18.1. The van der Waals surface area contributed by atoms with Crippen LogP contribution in [0.2, 0.25) is 0 Å². The molecule has 0 saturated carbocycles. The number of hydrogen-bond donors (Lipinski definition) is 1. The number of rotatable bonds is 11. The van der Waals surface area contributed by atoms with Gasteiger partial charge in [0.05, 0.1) is 38.7 Å². The summed E-state index contributed by atoms with van der Waals surface area (Å²) in [5.41, 5.74) is 1.66. The summed E-state index contributed by atoms with van der Waals surface area (Å²) in [6.07, 6.45) is 1.77. The largest absolute Gasteiger partial charge is 0.497 e. The fourth-order valence-electron chi connectivity index (χ4n) is 3.39. The van der Waals surface area contributed by atoms with Crippen molar-refractivity contribution < 1.29 is 19.0 Å². The molecule has 0 spiro atoms. The van der Waals surface area contributed by atoms with E-state index in [1.807, 2.05) is 54.0 Å². The fourth-order valence-corrected chi connectivity index (χ4v) is 4.15. The van der Waals surface area contributed by atoms with Gasteiger partial charge in [-0.1, -0.05) is 30.0 Å². The number of ether oxygens (including phenoxy) is 3. The highest BCUT2D eigenvalue weighted by molar-refractivity contribution is 7.99. The van der Waals surface area contributed by atoms with E-state index in [-0.39, 0.29) is 17.7 Å². The second kappa shape index (κ2) is 11.4. The van der Waals surface area contributed by atoms with Crippen molar-refractivity contribution in [2.45, 2.75) is 24.7 Å². The highest BCUT2D eigenvalue weighted by Crippen LogP contribution is 2.32. The van der Waals surface area contributed by atoms with Crippen molar-refractivity contribution in [1.29, 1.82) is 0 Å². The highest BCUT2D eigenvalue weighted by atomic mass is 32.2. The quantitative estimate of drug-likeness (QED) is 0.334. The maximum atomic E-state index is 12.7. The number of amides is 1. The van der Waals surface area contributed by atoms with Gasteiger partial charge in [-0.05, 0) is 37.3 Å². The number of allylic oxidation sites excluding steroid dienone is 1. The Bertz CT molecular complexity index is 1120. The van der Waals surface area contributed by atoms with Gasteiger partial charge in [-0.25, -0.2) is 0 Å². The number of carbonyl (C=O) groups excluding carboxylic acids is 1. The summed E-state index contributed by atoms with van der Waals surface area (Å²) >= 11 is 1.31. The van der Waals surface area contributed by atoms with Gasteiger partial charge in [-0.3, -0.25) is 9.36 Å². The van der Waals surface area contributed by atoms with Crippen LogP contribution in [0.25, 0.3) is 11.4 Å². The van der Waals surface area contributed by atoms with Crippen LogP contribution in [-0.2, 0) is 11.3 Å². The van der Waals surface area contributed by atoms with Crippen LogP contribution >= 0.6 is 11.8 Å². The van der Waals surface area contributed by atoms with Crippen LogP contribution in [-0.4, -0.2) is 47.8 Å². The summed E-state index contributed by atoms with van der Waals surface area (Å²) in [5.74, 6) is 2.78. The third-order valence-electron chi connectivity index (χ3n) is 4.99. The van der Waals surface area contributed by atoms with E-state index in [1.165, 1.54) is 11.8 Å². The number of aromatic nitrogens is 3. The Balaban J connectivity index is 1.73. The van der Waals surface area contributed by atoms with Gasteiger partial charge in [0, 0.05) is 12.1 Å². The smallest absolute Gasteiger partial charge is 0.230 e. The van der Waals surface area contributed by atoms with Gasteiger partial charge in [0.1, 0.15) is 17.2 Å². The van der Waals surface area contributed by atoms with Gasteiger partial charge in [-0.15, -0.1) is 16.8 Å². The lowest BCUT2D eigenvalue weighted by atomic mass is 10.1. The lowest BCUT2D eigenvalue weighted by Crippen LogP contribution is -2.28. The van der Waals surface area contributed by atoms with Crippen LogP contribution in [0.3, 0.4) is 0 Å². The lowest BCUT2D eigenvalue weighted by Gasteiger charge is -2.18. The van der Waals surface area contributed by atoms with Gasteiger partial charge in [-0.2, -0.15) is 0 Å². The first-order valence-corrected chi connectivity index (χ1v) is 11.3. The molecule has 33 heavy (non-hydrogen) atoms. The number of hydrogen-bond acceptors (Lipinski definition) is 7. The monoisotopic (exact) mass is 468 g/mol. The molecule has 1 atom stereocenters. The van der Waals surface area contributed by atoms with Crippen molar-refractivity contribution >= 4 is 17.7 Å². The third kappa shape index (κ3) is 5.67. The molecule has 3 rings (SSSR count). The molecule has 3 aromatic rings.